The summed E-state index contributed by atoms with van der Waals surface area (Å²) in [5, 5.41) is 10.9. The fourth-order valence-electron chi connectivity index (χ4n) is 1.67. The molecular weight excluding hydrogens is 330 g/mol. The number of rotatable bonds is 5. The topological polar surface area (TPSA) is 106 Å². The van der Waals surface area contributed by atoms with Gasteiger partial charge in [-0.05, 0) is 24.6 Å². The molecule has 10 heteroatoms. The highest BCUT2D eigenvalue weighted by molar-refractivity contribution is 7.92. The van der Waals surface area contributed by atoms with E-state index in [4.69, 9.17) is 11.6 Å². The SMILES string of the molecule is Cc1c(Cl)cccc1NC(=O)Cn1ncc(NS(C)(=O)=O)n1. The zero-order valence-electron chi connectivity index (χ0n) is 11.9. The molecule has 2 rings (SSSR count). The van der Waals surface area contributed by atoms with E-state index in [0.717, 1.165) is 16.6 Å². The average molecular weight is 344 g/mol. The second-order valence-electron chi connectivity index (χ2n) is 4.60. The molecule has 0 unspecified atom stereocenters. The second-order valence-corrected chi connectivity index (χ2v) is 6.75. The number of anilines is 2. The summed E-state index contributed by atoms with van der Waals surface area (Å²) in [6.07, 6.45) is 2.22. The van der Waals surface area contributed by atoms with Gasteiger partial charge < -0.3 is 5.32 Å². The fourth-order valence-corrected chi connectivity index (χ4v) is 2.32. The lowest BCUT2D eigenvalue weighted by molar-refractivity contribution is -0.117. The Balaban J connectivity index is 2.02. The first-order valence-corrected chi connectivity index (χ1v) is 8.44. The van der Waals surface area contributed by atoms with Crippen molar-refractivity contribution in [3.63, 3.8) is 0 Å². The van der Waals surface area contributed by atoms with Crippen molar-refractivity contribution in [3.05, 3.63) is 35.0 Å². The molecule has 0 aliphatic heterocycles. The van der Waals surface area contributed by atoms with Crippen LogP contribution in [-0.2, 0) is 21.4 Å². The van der Waals surface area contributed by atoms with E-state index in [0.29, 0.717) is 10.7 Å². The third-order valence-corrected chi connectivity index (χ3v) is 3.64. The molecule has 1 amide bonds. The normalized spacial score (nSPS) is 11.2. The Morgan fingerprint density at radius 2 is 2.14 bits per heavy atom. The van der Waals surface area contributed by atoms with E-state index in [-0.39, 0.29) is 18.3 Å². The summed E-state index contributed by atoms with van der Waals surface area (Å²) in [4.78, 5) is 13.0. The minimum atomic E-state index is -3.43. The zero-order valence-corrected chi connectivity index (χ0v) is 13.4. The summed E-state index contributed by atoms with van der Waals surface area (Å²) in [6.45, 7) is 1.63. The predicted molar refractivity (Wildman–Crippen MR) is 83.3 cm³/mol. The minimum absolute atomic E-state index is 0.0502. The second kappa shape index (κ2) is 6.32. The predicted octanol–water partition coefficient (Wildman–Crippen LogP) is 1.25. The lowest BCUT2D eigenvalue weighted by Gasteiger charge is -2.09. The van der Waals surface area contributed by atoms with Crippen LogP contribution in [-0.4, -0.2) is 35.6 Å². The van der Waals surface area contributed by atoms with Gasteiger partial charge in [0.1, 0.15) is 6.54 Å². The largest absolute Gasteiger partial charge is 0.324 e. The number of benzene rings is 1. The van der Waals surface area contributed by atoms with E-state index in [2.05, 4.69) is 20.2 Å². The molecule has 118 valence electrons. The van der Waals surface area contributed by atoms with Crippen molar-refractivity contribution in [2.45, 2.75) is 13.5 Å². The van der Waals surface area contributed by atoms with Crippen LogP contribution in [0.5, 0.6) is 0 Å². The molecule has 8 nitrogen and oxygen atoms in total. The van der Waals surface area contributed by atoms with Crippen LogP contribution in [0.15, 0.2) is 24.4 Å². The number of aromatic nitrogens is 3. The van der Waals surface area contributed by atoms with Crippen molar-refractivity contribution in [2.75, 3.05) is 16.3 Å². The van der Waals surface area contributed by atoms with Gasteiger partial charge in [0.2, 0.25) is 15.9 Å². The zero-order chi connectivity index (χ0) is 16.3. The number of sulfonamides is 1. The molecule has 0 aliphatic rings. The third kappa shape index (κ3) is 4.43. The summed E-state index contributed by atoms with van der Waals surface area (Å²) < 4.78 is 24.3. The van der Waals surface area contributed by atoms with Gasteiger partial charge in [-0.15, -0.1) is 5.10 Å². The van der Waals surface area contributed by atoms with Crippen molar-refractivity contribution in [2.24, 2.45) is 0 Å². The number of nitrogens with zero attached hydrogens (tertiary/aromatic N) is 3. The Morgan fingerprint density at radius 1 is 1.41 bits per heavy atom. The van der Waals surface area contributed by atoms with Gasteiger partial charge in [0.05, 0.1) is 12.5 Å². The maximum Gasteiger partial charge on any atom is 0.247 e. The number of nitrogens with one attached hydrogen (secondary N) is 2. The molecule has 0 spiro atoms. The van der Waals surface area contributed by atoms with E-state index >= 15 is 0 Å². The van der Waals surface area contributed by atoms with E-state index in [1.54, 1.807) is 25.1 Å². The molecule has 1 heterocycles. The molecule has 1 aromatic heterocycles. The molecule has 0 fully saturated rings. The first kappa shape index (κ1) is 16.2. The van der Waals surface area contributed by atoms with Crippen molar-refractivity contribution in [1.82, 2.24) is 15.0 Å². The molecule has 1 aromatic carbocycles. The van der Waals surface area contributed by atoms with Gasteiger partial charge in [0.25, 0.3) is 0 Å². The van der Waals surface area contributed by atoms with Crippen LogP contribution in [0.3, 0.4) is 0 Å². The lowest BCUT2D eigenvalue weighted by Crippen LogP contribution is -2.21. The molecule has 2 N–H and O–H groups in total. The van der Waals surface area contributed by atoms with E-state index in [1.165, 1.54) is 6.20 Å². The molecule has 22 heavy (non-hydrogen) atoms. The smallest absolute Gasteiger partial charge is 0.247 e. The van der Waals surface area contributed by atoms with Crippen molar-refractivity contribution in [3.8, 4) is 0 Å². The Bertz CT molecular complexity index is 803. The summed E-state index contributed by atoms with van der Waals surface area (Å²) in [7, 11) is -3.43. The highest BCUT2D eigenvalue weighted by atomic mass is 35.5. The Labute approximate surface area is 132 Å². The standard InChI is InChI=1S/C12H14ClN5O3S/c1-8-9(13)4-3-5-10(8)15-12(19)7-18-14-6-11(16-18)17-22(2,20)21/h3-6H,7H2,1-2H3,(H,15,19)(H,16,17). The van der Waals surface area contributed by atoms with Crippen LogP contribution in [0.4, 0.5) is 11.5 Å². The van der Waals surface area contributed by atoms with Crippen LogP contribution in [0, 0.1) is 6.92 Å². The van der Waals surface area contributed by atoms with Gasteiger partial charge in [-0.25, -0.2) is 8.42 Å². The van der Waals surface area contributed by atoms with E-state index < -0.39 is 10.0 Å². The lowest BCUT2D eigenvalue weighted by atomic mass is 10.2. The number of carbonyl (C=O) groups excluding carboxylic acids is 1. The minimum Gasteiger partial charge on any atom is -0.324 e. The van der Waals surface area contributed by atoms with Crippen LogP contribution < -0.4 is 10.0 Å². The molecule has 0 radical (unpaired) electrons. The summed E-state index contributed by atoms with van der Waals surface area (Å²) in [5.41, 5.74) is 1.35. The maximum absolute atomic E-state index is 11.9. The quantitative estimate of drug-likeness (QED) is 0.849. The summed E-state index contributed by atoms with van der Waals surface area (Å²) >= 11 is 5.98. The molecular formula is C12H14ClN5O3S. The van der Waals surface area contributed by atoms with Gasteiger partial charge >= 0.3 is 0 Å². The number of carbonyl (C=O) groups is 1. The molecule has 0 bridgehead atoms. The molecule has 0 saturated carbocycles. The maximum atomic E-state index is 11.9. The van der Waals surface area contributed by atoms with Crippen LogP contribution in [0.25, 0.3) is 0 Å². The Hall–Kier alpha value is -2.13. The fraction of sp³-hybridized carbons (Fsp3) is 0.250. The van der Waals surface area contributed by atoms with Gasteiger partial charge in [-0.3, -0.25) is 9.52 Å². The van der Waals surface area contributed by atoms with Gasteiger partial charge in [0.15, 0.2) is 5.82 Å². The molecule has 0 saturated heterocycles. The van der Waals surface area contributed by atoms with Crippen molar-refractivity contribution < 1.29 is 13.2 Å². The summed E-state index contributed by atoms with van der Waals surface area (Å²) in [6, 6.07) is 5.18. The molecule has 2 aromatic rings. The summed E-state index contributed by atoms with van der Waals surface area (Å²) in [5.74, 6) is -0.305. The number of halogens is 1. The first-order valence-electron chi connectivity index (χ1n) is 6.17. The van der Waals surface area contributed by atoms with E-state index in [9.17, 15) is 13.2 Å². The molecule has 0 atom stereocenters. The van der Waals surface area contributed by atoms with Crippen LogP contribution in [0.2, 0.25) is 5.02 Å². The van der Waals surface area contributed by atoms with Gasteiger partial charge in [-0.1, -0.05) is 17.7 Å². The number of hydrogen-bond donors (Lipinski definition) is 2. The Morgan fingerprint density at radius 3 is 2.82 bits per heavy atom. The number of hydrogen-bond acceptors (Lipinski definition) is 5. The van der Waals surface area contributed by atoms with Gasteiger partial charge in [0, 0.05) is 10.7 Å². The van der Waals surface area contributed by atoms with Crippen LogP contribution >= 0.6 is 11.6 Å². The van der Waals surface area contributed by atoms with Gasteiger partial charge in [-0.2, -0.15) is 9.90 Å². The van der Waals surface area contributed by atoms with Crippen LogP contribution in [0.1, 0.15) is 5.56 Å². The monoisotopic (exact) mass is 343 g/mol. The van der Waals surface area contributed by atoms with Crippen molar-refractivity contribution in [1.29, 1.82) is 0 Å². The highest BCUT2D eigenvalue weighted by Gasteiger charge is 2.11. The number of amides is 1. The highest BCUT2D eigenvalue weighted by Crippen LogP contribution is 2.22. The average Bonchev–Trinajstić information content (AvgIpc) is 2.79. The molecule has 0 aliphatic carbocycles. The van der Waals surface area contributed by atoms with Crippen molar-refractivity contribution >= 4 is 39.0 Å². The Kier molecular flexibility index (Phi) is 4.67. The first-order chi connectivity index (χ1) is 10.2. The third-order valence-electron chi connectivity index (χ3n) is 2.65. The van der Waals surface area contributed by atoms with E-state index in [1.807, 2.05) is 0 Å².